The van der Waals surface area contributed by atoms with Crippen LogP contribution in [0.2, 0.25) is 0 Å². The molecular formula is C15H17BN4O4S. The zero-order valence-electron chi connectivity index (χ0n) is 13.2. The topological polar surface area (TPSA) is 126 Å². The molecule has 0 spiro atoms. The van der Waals surface area contributed by atoms with E-state index < -0.39 is 27.6 Å². The quantitative estimate of drug-likeness (QED) is 0.687. The molecule has 25 heavy (non-hydrogen) atoms. The van der Waals surface area contributed by atoms with Gasteiger partial charge < -0.3 is 0 Å². The molecule has 1 fully saturated rings. The molecular weight excluding hydrogens is 343 g/mol. The Labute approximate surface area is 146 Å². The SMILES string of the molecule is NC1(C(=O)O)CN(S(=O)(=O)Nc2ccccn2)CC1c1cbccc1. The first-order chi connectivity index (χ1) is 11.8. The summed E-state index contributed by atoms with van der Waals surface area (Å²) in [4.78, 5) is 15.7. The number of hydrogen-bond acceptors (Lipinski definition) is 5. The molecule has 0 radical (unpaired) electrons. The predicted molar refractivity (Wildman–Crippen MR) is 93.4 cm³/mol. The van der Waals surface area contributed by atoms with Gasteiger partial charge in [0, 0.05) is 0 Å². The van der Waals surface area contributed by atoms with E-state index in [9.17, 15) is 18.3 Å². The van der Waals surface area contributed by atoms with Crippen molar-refractivity contribution in [2.24, 2.45) is 5.73 Å². The van der Waals surface area contributed by atoms with Crippen LogP contribution in [0.15, 0.2) is 48.5 Å². The van der Waals surface area contributed by atoms with Gasteiger partial charge in [-0.05, 0) is 0 Å². The molecule has 10 heteroatoms. The van der Waals surface area contributed by atoms with Crippen LogP contribution in [-0.4, -0.2) is 54.3 Å². The number of pyridine rings is 1. The van der Waals surface area contributed by atoms with Gasteiger partial charge in [0.05, 0.1) is 0 Å². The molecule has 4 N–H and O–H groups in total. The van der Waals surface area contributed by atoms with E-state index in [0.29, 0.717) is 5.56 Å². The molecule has 0 aliphatic carbocycles. The van der Waals surface area contributed by atoms with Gasteiger partial charge in [-0.2, -0.15) is 0 Å². The van der Waals surface area contributed by atoms with Crippen LogP contribution in [0, 0.1) is 0 Å². The molecule has 3 rings (SSSR count). The summed E-state index contributed by atoms with van der Waals surface area (Å²) in [5, 5.41) is 9.60. The van der Waals surface area contributed by atoms with Gasteiger partial charge in [0.25, 0.3) is 0 Å². The monoisotopic (exact) mass is 360 g/mol. The molecule has 0 amide bonds. The van der Waals surface area contributed by atoms with E-state index in [1.165, 1.54) is 12.3 Å². The standard InChI is InChI=1S/C15H17BN4O4S/c17-15(14(21)22)10-20(9-12(15)11-4-3-6-16-8-11)25(23,24)19-13-5-1-2-7-18-13/h1-8,12H,9-10,17H2,(H,18,19)(H,21,22). The van der Waals surface area contributed by atoms with Crippen LogP contribution in [0.25, 0.3) is 0 Å². The predicted octanol–water partition coefficient (Wildman–Crippen LogP) is -0.0421. The second kappa shape index (κ2) is 6.55. The Balaban J connectivity index is 1.90. The zero-order chi connectivity index (χ0) is 18.1. The molecule has 2 aromatic heterocycles. The van der Waals surface area contributed by atoms with Gasteiger partial charge >= 0.3 is 146 Å². The first-order valence-electron chi connectivity index (χ1n) is 7.59. The third kappa shape index (κ3) is 3.41. The van der Waals surface area contributed by atoms with Gasteiger partial charge in [-0.15, -0.1) is 0 Å². The van der Waals surface area contributed by atoms with E-state index in [1.807, 2.05) is 0 Å². The van der Waals surface area contributed by atoms with Crippen LogP contribution in [-0.2, 0) is 15.0 Å². The number of aliphatic carboxylic acids is 1. The number of nitrogens with zero attached hydrogens (tertiary/aromatic N) is 2. The van der Waals surface area contributed by atoms with Crippen molar-refractivity contribution in [1.82, 2.24) is 9.29 Å². The Hall–Kier alpha value is -2.30. The molecule has 0 saturated carbocycles. The molecule has 1 aliphatic heterocycles. The molecule has 8 nitrogen and oxygen atoms in total. The summed E-state index contributed by atoms with van der Waals surface area (Å²) >= 11 is 0. The van der Waals surface area contributed by atoms with E-state index in [0.717, 1.165) is 4.31 Å². The number of aromatic nitrogens is 1. The fourth-order valence-electron chi connectivity index (χ4n) is 2.94. The third-order valence-corrected chi connectivity index (χ3v) is 5.71. The van der Waals surface area contributed by atoms with Gasteiger partial charge in [0.15, 0.2) is 0 Å². The summed E-state index contributed by atoms with van der Waals surface area (Å²) in [5.74, 6) is 1.80. The van der Waals surface area contributed by atoms with Gasteiger partial charge in [0.1, 0.15) is 0 Å². The Kier molecular flexibility index (Phi) is 4.59. The molecule has 3 heterocycles. The van der Waals surface area contributed by atoms with Crippen LogP contribution in [0.5, 0.6) is 0 Å². The summed E-state index contributed by atoms with van der Waals surface area (Å²) in [5.41, 5.74) is 5.08. The van der Waals surface area contributed by atoms with Gasteiger partial charge in [0.2, 0.25) is 0 Å². The molecule has 2 atom stereocenters. The van der Waals surface area contributed by atoms with Crippen molar-refractivity contribution in [1.29, 1.82) is 0 Å². The number of carbonyl (C=O) groups is 1. The fraction of sp³-hybridized carbons (Fsp3) is 0.267. The van der Waals surface area contributed by atoms with Crippen LogP contribution in [0.1, 0.15) is 11.5 Å². The van der Waals surface area contributed by atoms with Crippen molar-refractivity contribution in [3.05, 3.63) is 54.0 Å². The van der Waals surface area contributed by atoms with E-state index in [1.54, 1.807) is 43.1 Å². The normalized spacial score (nSPS) is 24.0. The number of hydrogen-bond donors (Lipinski definition) is 3. The molecule has 0 aromatic carbocycles. The summed E-state index contributed by atoms with van der Waals surface area (Å²) in [6.07, 6.45) is 1.46. The number of rotatable bonds is 5. The van der Waals surface area contributed by atoms with Crippen molar-refractivity contribution in [3.63, 3.8) is 0 Å². The van der Waals surface area contributed by atoms with Crippen LogP contribution >= 0.6 is 0 Å². The first-order valence-corrected chi connectivity index (χ1v) is 9.03. The molecule has 2 aromatic rings. The van der Waals surface area contributed by atoms with E-state index >= 15 is 0 Å². The molecule has 130 valence electrons. The summed E-state index contributed by atoms with van der Waals surface area (Å²) in [6.45, 7) is 1.40. The minimum atomic E-state index is -3.98. The number of nitrogens with one attached hydrogen (secondary N) is 1. The van der Waals surface area contributed by atoms with Crippen molar-refractivity contribution in [2.45, 2.75) is 11.5 Å². The maximum absolute atomic E-state index is 12.6. The minimum absolute atomic E-state index is 0.0328. The average molecular weight is 360 g/mol. The van der Waals surface area contributed by atoms with Crippen molar-refractivity contribution in [3.8, 4) is 0 Å². The van der Waals surface area contributed by atoms with E-state index in [-0.39, 0.29) is 18.9 Å². The van der Waals surface area contributed by atoms with Gasteiger partial charge in [-0.25, -0.2) is 0 Å². The molecule has 0 bridgehead atoms. The van der Waals surface area contributed by atoms with Crippen molar-refractivity contribution >= 4 is 28.9 Å². The Bertz CT molecular complexity index is 866. The second-order valence-corrected chi connectivity index (χ2v) is 7.59. The molecule has 1 saturated heterocycles. The van der Waals surface area contributed by atoms with Crippen LogP contribution in [0.3, 0.4) is 0 Å². The van der Waals surface area contributed by atoms with Crippen molar-refractivity contribution < 1.29 is 18.3 Å². The van der Waals surface area contributed by atoms with Crippen LogP contribution < -0.4 is 10.5 Å². The third-order valence-electron chi connectivity index (χ3n) is 4.28. The molecule has 1 aliphatic rings. The number of carboxylic acid groups (broad SMARTS) is 1. The number of nitrogens with two attached hydrogens (primary N) is 1. The summed E-state index contributed by atoms with van der Waals surface area (Å²) < 4.78 is 28.6. The Morgan fingerprint density at radius 2 is 2.20 bits per heavy atom. The maximum atomic E-state index is 12.6. The summed E-state index contributed by atoms with van der Waals surface area (Å²) in [7, 11) is -3.98. The van der Waals surface area contributed by atoms with Crippen molar-refractivity contribution in [2.75, 3.05) is 17.8 Å². The van der Waals surface area contributed by atoms with Gasteiger partial charge in [-0.1, -0.05) is 0 Å². The second-order valence-electron chi connectivity index (χ2n) is 5.92. The summed E-state index contributed by atoms with van der Waals surface area (Å²) in [6, 6.07) is 8.33. The van der Waals surface area contributed by atoms with Crippen LogP contribution in [0.4, 0.5) is 5.82 Å². The first kappa shape index (κ1) is 17.5. The zero-order valence-corrected chi connectivity index (χ0v) is 14.1. The molecule has 2 unspecified atom stereocenters. The average Bonchev–Trinajstić information content (AvgIpc) is 2.96. The Morgan fingerprint density at radius 1 is 1.40 bits per heavy atom. The van der Waals surface area contributed by atoms with Gasteiger partial charge in [-0.3, -0.25) is 0 Å². The number of anilines is 1. The van der Waals surface area contributed by atoms with E-state index in [4.69, 9.17) is 5.73 Å². The number of carboxylic acids is 1. The fourth-order valence-corrected chi connectivity index (χ4v) is 4.18. The van der Waals surface area contributed by atoms with E-state index in [2.05, 4.69) is 9.71 Å². The Morgan fingerprint density at radius 3 is 2.80 bits per heavy atom.